The van der Waals surface area contributed by atoms with E-state index in [4.69, 9.17) is 9.57 Å². The van der Waals surface area contributed by atoms with E-state index < -0.39 is 35.5 Å². The van der Waals surface area contributed by atoms with Crippen molar-refractivity contribution in [2.24, 2.45) is 0 Å². The highest BCUT2D eigenvalue weighted by Crippen LogP contribution is 2.21. The van der Waals surface area contributed by atoms with Gasteiger partial charge in [0, 0.05) is 12.8 Å². The molecule has 1 heterocycles. The smallest absolute Gasteiger partial charge is 0.408 e. The molecule has 140 valence electrons. The van der Waals surface area contributed by atoms with E-state index in [1.165, 1.54) is 24.3 Å². The zero-order valence-electron chi connectivity index (χ0n) is 14.6. The third-order valence-electron chi connectivity index (χ3n) is 3.31. The Labute approximate surface area is 149 Å². The Morgan fingerprint density at radius 1 is 1.12 bits per heavy atom. The summed E-state index contributed by atoms with van der Waals surface area (Å²) in [6.07, 6.45) is -0.975. The van der Waals surface area contributed by atoms with Crippen LogP contribution < -0.4 is 5.32 Å². The highest BCUT2D eigenvalue weighted by atomic mass is 16.7. The van der Waals surface area contributed by atoms with Crippen LogP contribution in [0.3, 0.4) is 0 Å². The molecule has 1 aromatic carbocycles. The summed E-state index contributed by atoms with van der Waals surface area (Å²) < 4.78 is 5.12. The lowest BCUT2D eigenvalue weighted by Crippen LogP contribution is -2.42. The van der Waals surface area contributed by atoms with Gasteiger partial charge in [0.2, 0.25) is 0 Å². The number of phenolic OH excluding ortho intramolecular Hbond substituents is 1. The maximum Gasteiger partial charge on any atom is 0.408 e. The van der Waals surface area contributed by atoms with Crippen LogP contribution in [0.1, 0.15) is 45.2 Å². The van der Waals surface area contributed by atoms with E-state index in [0.717, 1.165) is 0 Å². The molecule has 0 unspecified atom stereocenters. The van der Waals surface area contributed by atoms with Crippen molar-refractivity contribution in [3.8, 4) is 5.75 Å². The number of hydrogen-bond acceptors (Lipinski definition) is 7. The number of nitrogens with zero attached hydrogens (tertiary/aromatic N) is 1. The molecule has 0 aliphatic carbocycles. The summed E-state index contributed by atoms with van der Waals surface area (Å²) in [5, 5.41) is 12.1. The van der Waals surface area contributed by atoms with Crippen LogP contribution in [0.4, 0.5) is 4.79 Å². The number of alkyl carbamates (subject to hydrolysis) is 1. The Balaban J connectivity index is 2.20. The van der Waals surface area contributed by atoms with Gasteiger partial charge in [0.05, 0.1) is 0 Å². The fourth-order valence-corrected chi connectivity index (χ4v) is 2.17. The number of benzene rings is 1. The largest absolute Gasteiger partial charge is 0.508 e. The van der Waals surface area contributed by atoms with Crippen molar-refractivity contribution in [2.75, 3.05) is 0 Å². The van der Waals surface area contributed by atoms with E-state index in [0.29, 0.717) is 5.06 Å². The number of rotatable bonds is 4. The van der Waals surface area contributed by atoms with Gasteiger partial charge >= 0.3 is 12.1 Å². The molecule has 0 spiro atoms. The maximum absolute atomic E-state index is 12.5. The normalized spacial score (nSPS) is 15.6. The van der Waals surface area contributed by atoms with Crippen molar-refractivity contribution >= 4 is 23.9 Å². The molecule has 1 aliphatic rings. The third kappa shape index (κ3) is 4.95. The highest BCUT2D eigenvalue weighted by molar-refractivity contribution is 6.02. The van der Waals surface area contributed by atoms with Crippen molar-refractivity contribution in [1.82, 2.24) is 10.4 Å². The summed E-state index contributed by atoms with van der Waals surface area (Å²) in [4.78, 5) is 52.6. The average Bonchev–Trinajstić information content (AvgIpc) is 2.84. The summed E-state index contributed by atoms with van der Waals surface area (Å²) in [7, 11) is 0. The minimum absolute atomic E-state index is 0.0389. The molecule has 0 aromatic heterocycles. The number of ether oxygens (including phenoxy) is 1. The van der Waals surface area contributed by atoms with Gasteiger partial charge in [-0.05, 0) is 38.5 Å². The molecule has 0 bridgehead atoms. The molecule has 3 amide bonds. The van der Waals surface area contributed by atoms with Gasteiger partial charge in [0.15, 0.2) is 6.04 Å². The number of hydrogen-bond donors (Lipinski definition) is 2. The minimum atomic E-state index is -1.34. The van der Waals surface area contributed by atoms with Crippen molar-refractivity contribution < 1.29 is 33.9 Å². The summed E-state index contributed by atoms with van der Waals surface area (Å²) in [6, 6.07) is 4.09. The molecule has 0 saturated carbocycles. The van der Waals surface area contributed by atoms with Gasteiger partial charge in [0.25, 0.3) is 11.8 Å². The number of carbonyl (C=O) groups is 4. The summed E-state index contributed by atoms with van der Waals surface area (Å²) in [6.45, 7) is 4.96. The molecule has 1 saturated heterocycles. The third-order valence-corrected chi connectivity index (χ3v) is 3.31. The number of amides is 3. The zero-order chi connectivity index (χ0) is 19.5. The summed E-state index contributed by atoms with van der Waals surface area (Å²) >= 11 is 0. The molecule has 1 atom stereocenters. The number of phenols is 1. The molecular weight excluding hydrogens is 344 g/mol. The van der Waals surface area contributed by atoms with Crippen LogP contribution in [-0.2, 0) is 24.0 Å². The molecule has 0 radical (unpaired) electrons. The van der Waals surface area contributed by atoms with Crippen LogP contribution in [0.25, 0.3) is 0 Å². The zero-order valence-corrected chi connectivity index (χ0v) is 14.6. The number of imide groups is 1. The van der Waals surface area contributed by atoms with Gasteiger partial charge in [-0.3, -0.25) is 9.59 Å². The van der Waals surface area contributed by atoms with Crippen LogP contribution in [0.5, 0.6) is 5.75 Å². The lowest BCUT2D eigenvalue weighted by molar-refractivity contribution is -0.199. The average molecular weight is 364 g/mol. The van der Waals surface area contributed by atoms with Gasteiger partial charge in [-0.2, -0.15) is 0 Å². The van der Waals surface area contributed by atoms with Crippen LogP contribution in [0.2, 0.25) is 0 Å². The second-order valence-electron chi connectivity index (χ2n) is 6.66. The monoisotopic (exact) mass is 364 g/mol. The Bertz CT molecular complexity index is 706. The predicted molar refractivity (Wildman–Crippen MR) is 87.4 cm³/mol. The molecule has 1 aliphatic heterocycles. The van der Waals surface area contributed by atoms with Gasteiger partial charge < -0.3 is 20.0 Å². The lowest BCUT2D eigenvalue weighted by atomic mass is 10.1. The van der Waals surface area contributed by atoms with E-state index in [2.05, 4.69) is 5.32 Å². The lowest BCUT2D eigenvalue weighted by Gasteiger charge is -2.24. The van der Waals surface area contributed by atoms with E-state index in [-0.39, 0.29) is 24.2 Å². The van der Waals surface area contributed by atoms with Crippen LogP contribution >= 0.6 is 0 Å². The Morgan fingerprint density at radius 3 is 2.15 bits per heavy atom. The molecular formula is C17H20N2O7. The number of carbonyl (C=O) groups excluding carboxylic acids is 4. The molecule has 1 fully saturated rings. The fourth-order valence-electron chi connectivity index (χ4n) is 2.17. The van der Waals surface area contributed by atoms with E-state index >= 15 is 0 Å². The molecule has 2 rings (SSSR count). The first-order chi connectivity index (χ1) is 12.1. The number of aromatic hydroxyl groups is 1. The second kappa shape index (κ2) is 7.42. The van der Waals surface area contributed by atoms with Gasteiger partial charge in [0.1, 0.15) is 11.4 Å². The maximum atomic E-state index is 12.5. The quantitative estimate of drug-likeness (QED) is 0.777. The summed E-state index contributed by atoms with van der Waals surface area (Å²) in [5.74, 6) is -2.34. The van der Waals surface area contributed by atoms with Crippen molar-refractivity contribution in [2.45, 2.75) is 45.3 Å². The van der Waals surface area contributed by atoms with Crippen LogP contribution in [0.15, 0.2) is 24.3 Å². The molecule has 1 aromatic rings. The Hall–Kier alpha value is -3.10. The van der Waals surface area contributed by atoms with E-state index in [1.807, 2.05) is 0 Å². The van der Waals surface area contributed by atoms with Crippen molar-refractivity contribution in [3.63, 3.8) is 0 Å². The first-order valence-corrected chi connectivity index (χ1v) is 7.93. The van der Waals surface area contributed by atoms with Gasteiger partial charge in [-0.25, -0.2) is 9.59 Å². The first kappa shape index (κ1) is 19.2. The molecule has 2 N–H and O–H groups in total. The SMILES string of the molecule is CC(C)(C)OC(=O)N[C@@H](C(=O)ON1C(=O)CCC1=O)c1ccc(O)cc1. The molecule has 26 heavy (non-hydrogen) atoms. The van der Waals surface area contributed by atoms with E-state index in [9.17, 15) is 24.3 Å². The highest BCUT2D eigenvalue weighted by Gasteiger charge is 2.36. The number of hydroxylamine groups is 2. The fraction of sp³-hybridized carbons (Fsp3) is 0.412. The second-order valence-corrected chi connectivity index (χ2v) is 6.66. The first-order valence-electron chi connectivity index (χ1n) is 7.93. The van der Waals surface area contributed by atoms with Crippen LogP contribution in [0, 0.1) is 0 Å². The molecule has 9 heteroatoms. The van der Waals surface area contributed by atoms with E-state index in [1.54, 1.807) is 20.8 Å². The predicted octanol–water partition coefficient (Wildman–Crippen LogP) is 1.57. The molecule has 9 nitrogen and oxygen atoms in total. The Morgan fingerprint density at radius 2 is 1.65 bits per heavy atom. The standard InChI is InChI=1S/C17H20N2O7/c1-17(2,3)25-16(24)18-14(10-4-6-11(20)7-5-10)15(23)26-19-12(21)8-9-13(19)22/h4-7,14,20H,8-9H2,1-3H3,(H,18,24)/t14-/m1/s1. The number of nitrogens with one attached hydrogen (secondary N) is 1. The van der Waals surface area contributed by atoms with Crippen molar-refractivity contribution in [3.05, 3.63) is 29.8 Å². The van der Waals surface area contributed by atoms with Gasteiger partial charge in [-0.15, -0.1) is 5.06 Å². The Kier molecular flexibility index (Phi) is 5.49. The van der Waals surface area contributed by atoms with Crippen LogP contribution in [-0.4, -0.2) is 39.6 Å². The van der Waals surface area contributed by atoms with Crippen molar-refractivity contribution in [1.29, 1.82) is 0 Å². The topological polar surface area (TPSA) is 122 Å². The minimum Gasteiger partial charge on any atom is -0.508 e. The summed E-state index contributed by atoms with van der Waals surface area (Å²) in [5.41, 5.74) is -0.522. The van der Waals surface area contributed by atoms with Gasteiger partial charge in [-0.1, -0.05) is 12.1 Å².